The van der Waals surface area contributed by atoms with Crippen molar-refractivity contribution >= 4 is 22.5 Å². The number of thiazole rings is 1. The van der Waals surface area contributed by atoms with Crippen LogP contribution in [0.5, 0.6) is 5.75 Å². The van der Waals surface area contributed by atoms with E-state index >= 15 is 0 Å². The Hall–Kier alpha value is -2.12. The molecule has 0 unspecified atom stereocenters. The zero-order valence-electron chi connectivity index (χ0n) is 15.4. The molecule has 0 spiro atoms. The van der Waals surface area contributed by atoms with Gasteiger partial charge in [0.25, 0.3) is 0 Å². The highest BCUT2D eigenvalue weighted by Gasteiger charge is 2.27. The number of aromatic nitrogens is 1. The molecule has 1 heterocycles. The van der Waals surface area contributed by atoms with E-state index < -0.39 is 0 Å². The van der Waals surface area contributed by atoms with Crippen molar-refractivity contribution < 1.29 is 9.53 Å². The largest absolute Gasteiger partial charge is 0.497 e. The van der Waals surface area contributed by atoms with Gasteiger partial charge in [0.15, 0.2) is 5.13 Å². The van der Waals surface area contributed by atoms with Crippen LogP contribution >= 0.6 is 11.3 Å². The second kappa shape index (κ2) is 7.63. The quantitative estimate of drug-likeness (QED) is 0.723. The van der Waals surface area contributed by atoms with Gasteiger partial charge >= 0.3 is 6.03 Å². The lowest BCUT2D eigenvalue weighted by Gasteiger charge is -2.32. The molecular weight excluding hydrogens is 348 g/mol. The molecule has 1 saturated carbocycles. The lowest BCUT2D eigenvalue weighted by atomic mass is 9.81. The molecule has 26 heavy (non-hydrogen) atoms. The molecule has 3 rings (SSSR count). The molecule has 1 aliphatic rings. The molecule has 0 atom stereocenters. The van der Waals surface area contributed by atoms with Crippen LogP contribution in [0.4, 0.5) is 9.93 Å². The Morgan fingerprint density at radius 1 is 1.35 bits per heavy atom. The van der Waals surface area contributed by atoms with Gasteiger partial charge in [0.2, 0.25) is 0 Å². The number of anilines is 1. The van der Waals surface area contributed by atoms with Crippen molar-refractivity contribution in [3.8, 4) is 5.75 Å². The first-order valence-electron chi connectivity index (χ1n) is 8.79. The minimum absolute atomic E-state index is 0.214. The summed E-state index contributed by atoms with van der Waals surface area (Å²) in [5.41, 5.74) is 7.56. The molecule has 7 heteroatoms. The second-order valence-electron chi connectivity index (χ2n) is 7.32. The minimum Gasteiger partial charge on any atom is -0.497 e. The lowest BCUT2D eigenvalue weighted by Crippen LogP contribution is -2.43. The van der Waals surface area contributed by atoms with E-state index in [1.165, 1.54) is 11.3 Å². The monoisotopic (exact) mass is 374 g/mol. The summed E-state index contributed by atoms with van der Waals surface area (Å²) in [5.74, 6) is 1.32. The van der Waals surface area contributed by atoms with E-state index in [1.807, 2.05) is 29.6 Å². The fourth-order valence-corrected chi connectivity index (χ4v) is 3.98. The van der Waals surface area contributed by atoms with Crippen molar-refractivity contribution in [1.29, 1.82) is 0 Å². The van der Waals surface area contributed by atoms with Crippen molar-refractivity contribution in [3.05, 3.63) is 40.9 Å². The summed E-state index contributed by atoms with van der Waals surface area (Å²) in [6, 6.07) is 8.06. The van der Waals surface area contributed by atoms with Gasteiger partial charge in [-0.3, -0.25) is 5.32 Å². The number of hydrogen-bond acceptors (Lipinski definition) is 5. The van der Waals surface area contributed by atoms with Crippen LogP contribution in [-0.2, 0) is 5.41 Å². The van der Waals surface area contributed by atoms with Crippen molar-refractivity contribution in [3.63, 3.8) is 0 Å². The summed E-state index contributed by atoms with van der Waals surface area (Å²) < 4.78 is 5.22. The van der Waals surface area contributed by atoms with Crippen LogP contribution in [-0.4, -0.2) is 30.7 Å². The molecule has 4 N–H and O–H groups in total. The van der Waals surface area contributed by atoms with E-state index in [-0.39, 0.29) is 11.4 Å². The third-order valence-electron chi connectivity index (χ3n) is 5.00. The number of rotatable bonds is 6. The third kappa shape index (κ3) is 4.16. The van der Waals surface area contributed by atoms with E-state index in [2.05, 4.69) is 29.5 Å². The van der Waals surface area contributed by atoms with E-state index in [1.54, 1.807) is 7.11 Å². The molecule has 1 aromatic heterocycles. The molecule has 0 bridgehead atoms. The van der Waals surface area contributed by atoms with Crippen molar-refractivity contribution in [2.75, 3.05) is 19.0 Å². The SMILES string of the molecule is COc1ccc(C(C)(C)c2csc(NC(=O)NCC3CC(N)C3)n2)cc1. The highest BCUT2D eigenvalue weighted by atomic mass is 32.1. The van der Waals surface area contributed by atoms with Gasteiger partial charge in [-0.15, -0.1) is 11.3 Å². The molecule has 1 fully saturated rings. The first-order chi connectivity index (χ1) is 12.4. The summed E-state index contributed by atoms with van der Waals surface area (Å²) in [4.78, 5) is 16.6. The highest BCUT2D eigenvalue weighted by molar-refractivity contribution is 7.13. The summed E-state index contributed by atoms with van der Waals surface area (Å²) in [6.07, 6.45) is 1.97. The van der Waals surface area contributed by atoms with Crippen LogP contribution in [0, 0.1) is 5.92 Å². The Labute approximate surface area is 158 Å². The van der Waals surface area contributed by atoms with Crippen LogP contribution in [0.1, 0.15) is 37.9 Å². The number of urea groups is 1. The first kappa shape index (κ1) is 18.7. The summed E-state index contributed by atoms with van der Waals surface area (Å²) >= 11 is 1.43. The number of carbonyl (C=O) groups excluding carboxylic acids is 1. The van der Waals surface area contributed by atoms with Crippen molar-refractivity contribution in [2.45, 2.75) is 38.1 Å². The van der Waals surface area contributed by atoms with Gasteiger partial charge in [0.05, 0.1) is 12.8 Å². The predicted octanol–water partition coefficient (Wildman–Crippen LogP) is 3.34. The number of amides is 2. The molecule has 1 aromatic carbocycles. The van der Waals surface area contributed by atoms with Gasteiger partial charge in [-0.2, -0.15) is 0 Å². The third-order valence-corrected chi connectivity index (χ3v) is 5.76. The number of benzene rings is 1. The topological polar surface area (TPSA) is 89.3 Å². The maximum atomic E-state index is 12.0. The molecule has 2 aromatic rings. The number of nitrogens with zero attached hydrogens (tertiary/aromatic N) is 1. The standard InChI is InChI=1S/C19H26N4O2S/c1-19(2,13-4-6-15(25-3)7-5-13)16-11-26-18(22-16)23-17(24)21-10-12-8-14(20)9-12/h4-7,11-12,14H,8-10,20H2,1-3H3,(H2,21,22,23,24). The Bertz CT molecular complexity index is 751. The summed E-state index contributed by atoms with van der Waals surface area (Å²) in [6.45, 7) is 4.90. The summed E-state index contributed by atoms with van der Waals surface area (Å²) in [5, 5.41) is 8.31. The molecule has 140 valence electrons. The number of ether oxygens (including phenoxy) is 1. The van der Waals surface area contributed by atoms with Gasteiger partial charge in [-0.1, -0.05) is 26.0 Å². The molecule has 0 saturated heterocycles. The maximum Gasteiger partial charge on any atom is 0.321 e. The average molecular weight is 375 g/mol. The normalized spacial score (nSPS) is 19.5. The number of hydrogen-bond donors (Lipinski definition) is 3. The Morgan fingerprint density at radius 2 is 2.04 bits per heavy atom. The van der Waals surface area contributed by atoms with Crippen LogP contribution in [0.25, 0.3) is 0 Å². The van der Waals surface area contributed by atoms with Crippen LogP contribution in [0.3, 0.4) is 0 Å². The lowest BCUT2D eigenvalue weighted by molar-refractivity contribution is 0.234. The molecule has 6 nitrogen and oxygen atoms in total. The number of carbonyl (C=O) groups is 1. The van der Waals surface area contributed by atoms with Gasteiger partial charge in [-0.05, 0) is 36.5 Å². The maximum absolute atomic E-state index is 12.0. The Balaban J connectivity index is 1.59. The zero-order chi connectivity index (χ0) is 18.7. The van der Waals surface area contributed by atoms with Crippen molar-refractivity contribution in [1.82, 2.24) is 10.3 Å². The Kier molecular flexibility index (Phi) is 5.48. The van der Waals surface area contributed by atoms with Gasteiger partial charge in [-0.25, -0.2) is 9.78 Å². The molecular formula is C19H26N4O2S. The fourth-order valence-electron chi connectivity index (χ4n) is 3.11. The van der Waals surface area contributed by atoms with E-state index in [4.69, 9.17) is 10.5 Å². The van der Waals surface area contributed by atoms with Crippen LogP contribution in [0.15, 0.2) is 29.6 Å². The zero-order valence-corrected chi connectivity index (χ0v) is 16.2. The Morgan fingerprint density at radius 3 is 2.65 bits per heavy atom. The molecule has 0 aliphatic heterocycles. The first-order valence-corrected chi connectivity index (χ1v) is 9.67. The molecule has 0 radical (unpaired) electrons. The fraction of sp³-hybridized carbons (Fsp3) is 0.474. The minimum atomic E-state index is -0.263. The van der Waals surface area contributed by atoms with Crippen LogP contribution in [0.2, 0.25) is 0 Å². The van der Waals surface area contributed by atoms with E-state index in [0.29, 0.717) is 23.6 Å². The smallest absolute Gasteiger partial charge is 0.321 e. The average Bonchev–Trinajstić information content (AvgIpc) is 3.07. The highest BCUT2D eigenvalue weighted by Crippen LogP contribution is 2.34. The summed E-state index contributed by atoms with van der Waals surface area (Å²) in [7, 11) is 1.66. The number of nitrogens with two attached hydrogens (primary N) is 1. The molecule has 2 amide bonds. The van der Waals surface area contributed by atoms with Gasteiger partial charge < -0.3 is 15.8 Å². The van der Waals surface area contributed by atoms with E-state index in [0.717, 1.165) is 29.8 Å². The predicted molar refractivity (Wildman–Crippen MR) is 105 cm³/mol. The van der Waals surface area contributed by atoms with E-state index in [9.17, 15) is 4.79 Å². The number of methoxy groups -OCH3 is 1. The number of nitrogens with one attached hydrogen (secondary N) is 2. The van der Waals surface area contributed by atoms with Crippen molar-refractivity contribution in [2.24, 2.45) is 11.7 Å². The van der Waals surface area contributed by atoms with Gasteiger partial charge in [0.1, 0.15) is 5.75 Å². The van der Waals surface area contributed by atoms with Gasteiger partial charge in [0, 0.05) is 23.4 Å². The molecule has 1 aliphatic carbocycles. The van der Waals surface area contributed by atoms with Crippen LogP contribution < -0.4 is 21.1 Å². The second-order valence-corrected chi connectivity index (χ2v) is 8.18.